The predicted octanol–water partition coefficient (Wildman–Crippen LogP) is 2.87. The van der Waals surface area contributed by atoms with Crippen molar-refractivity contribution in [1.29, 1.82) is 0 Å². The van der Waals surface area contributed by atoms with Crippen molar-refractivity contribution in [2.45, 2.75) is 6.92 Å². The Hall–Kier alpha value is -2.27. The largest absolute Gasteiger partial charge is 0.268 e. The van der Waals surface area contributed by atoms with E-state index in [1.807, 2.05) is 37.3 Å². The number of hydrogen-bond acceptors (Lipinski definition) is 4. The smallest absolute Gasteiger partial charge is 0.264 e. The second-order valence-electron chi connectivity index (χ2n) is 4.14. The van der Waals surface area contributed by atoms with E-state index in [-0.39, 0.29) is 5.56 Å². The highest BCUT2D eigenvalue weighted by molar-refractivity contribution is 7.18. The molecule has 0 spiro atoms. The molecular formula is C14H11N3OS. The molecule has 3 aromatic rings. The lowest BCUT2D eigenvalue weighted by Gasteiger charge is -1.99. The highest BCUT2D eigenvalue weighted by Crippen LogP contribution is 2.33. The number of aromatic nitrogens is 3. The van der Waals surface area contributed by atoms with Gasteiger partial charge in [0.2, 0.25) is 0 Å². The molecule has 0 fully saturated rings. The Kier molecular flexibility index (Phi) is 2.97. The van der Waals surface area contributed by atoms with Crippen LogP contribution in [-0.4, -0.2) is 15.2 Å². The first-order valence-electron chi connectivity index (χ1n) is 5.82. The Bertz CT molecular complexity index is 762. The zero-order valence-corrected chi connectivity index (χ0v) is 11.1. The second kappa shape index (κ2) is 4.78. The quantitative estimate of drug-likeness (QED) is 0.778. The van der Waals surface area contributed by atoms with Gasteiger partial charge in [-0.2, -0.15) is 5.10 Å². The Labute approximate surface area is 113 Å². The van der Waals surface area contributed by atoms with Crippen LogP contribution in [-0.2, 0) is 0 Å². The molecule has 19 heavy (non-hydrogen) atoms. The highest BCUT2D eigenvalue weighted by Gasteiger charge is 2.09. The number of aryl methyl sites for hydroxylation is 1. The van der Waals surface area contributed by atoms with E-state index in [4.69, 9.17) is 0 Å². The van der Waals surface area contributed by atoms with E-state index in [9.17, 15) is 4.79 Å². The van der Waals surface area contributed by atoms with Crippen LogP contribution in [0.3, 0.4) is 0 Å². The Morgan fingerprint density at radius 1 is 1.16 bits per heavy atom. The minimum Gasteiger partial charge on any atom is -0.268 e. The van der Waals surface area contributed by atoms with Gasteiger partial charge in [0.15, 0.2) is 0 Å². The highest BCUT2D eigenvalue weighted by atomic mass is 32.1. The van der Waals surface area contributed by atoms with Crippen LogP contribution in [0.15, 0.2) is 47.4 Å². The standard InChI is InChI=1S/C14H11N3OS/c1-9-8-13(18)16-17-14(9)12-6-5-11(19-12)10-4-2-3-7-15-10/h2-8H,1H3,(H,16,18). The van der Waals surface area contributed by atoms with Gasteiger partial charge in [0, 0.05) is 12.3 Å². The molecule has 3 heterocycles. The monoisotopic (exact) mass is 269 g/mol. The number of hydrogen-bond donors (Lipinski definition) is 1. The minimum absolute atomic E-state index is 0.178. The number of pyridine rings is 1. The molecule has 0 aliphatic carbocycles. The first-order valence-corrected chi connectivity index (χ1v) is 6.63. The van der Waals surface area contributed by atoms with Crippen LogP contribution in [0.1, 0.15) is 5.56 Å². The molecule has 3 aromatic heterocycles. The van der Waals surface area contributed by atoms with Gasteiger partial charge in [-0.1, -0.05) is 6.07 Å². The number of nitrogens with one attached hydrogen (secondary N) is 1. The molecular weight excluding hydrogens is 258 g/mol. The third-order valence-corrected chi connectivity index (χ3v) is 3.87. The number of rotatable bonds is 2. The molecule has 5 heteroatoms. The molecule has 1 N–H and O–H groups in total. The van der Waals surface area contributed by atoms with Gasteiger partial charge in [0.25, 0.3) is 5.56 Å². The van der Waals surface area contributed by atoms with Gasteiger partial charge in [0.1, 0.15) is 5.69 Å². The van der Waals surface area contributed by atoms with Crippen molar-refractivity contribution in [2.24, 2.45) is 0 Å². The third kappa shape index (κ3) is 2.32. The molecule has 0 aromatic carbocycles. The van der Waals surface area contributed by atoms with Crippen molar-refractivity contribution in [3.63, 3.8) is 0 Å². The lowest BCUT2D eigenvalue weighted by molar-refractivity contribution is 0.984. The topological polar surface area (TPSA) is 58.6 Å². The molecule has 0 saturated carbocycles. The molecule has 0 bridgehead atoms. The molecule has 94 valence electrons. The Balaban J connectivity index is 2.04. The van der Waals surface area contributed by atoms with Gasteiger partial charge in [-0.15, -0.1) is 11.3 Å². The number of nitrogens with zero attached hydrogens (tertiary/aromatic N) is 2. The van der Waals surface area contributed by atoms with Crippen LogP contribution >= 0.6 is 11.3 Å². The first-order chi connectivity index (χ1) is 9.24. The number of aromatic amines is 1. The Morgan fingerprint density at radius 2 is 2.00 bits per heavy atom. The summed E-state index contributed by atoms with van der Waals surface area (Å²) < 4.78 is 0. The van der Waals surface area contributed by atoms with E-state index < -0.39 is 0 Å². The van der Waals surface area contributed by atoms with E-state index in [2.05, 4.69) is 15.2 Å². The van der Waals surface area contributed by atoms with Crippen molar-refractivity contribution >= 4 is 11.3 Å². The van der Waals surface area contributed by atoms with Crippen molar-refractivity contribution in [3.05, 3.63) is 58.5 Å². The van der Waals surface area contributed by atoms with Crippen molar-refractivity contribution in [1.82, 2.24) is 15.2 Å². The van der Waals surface area contributed by atoms with Gasteiger partial charge >= 0.3 is 0 Å². The molecule has 0 atom stereocenters. The SMILES string of the molecule is Cc1cc(=O)[nH]nc1-c1ccc(-c2ccccn2)s1. The molecule has 0 amide bonds. The zero-order valence-electron chi connectivity index (χ0n) is 10.3. The van der Waals surface area contributed by atoms with Crippen LogP contribution in [0.4, 0.5) is 0 Å². The summed E-state index contributed by atoms with van der Waals surface area (Å²) in [7, 11) is 0. The van der Waals surface area contributed by atoms with Crippen LogP contribution in [0.5, 0.6) is 0 Å². The summed E-state index contributed by atoms with van der Waals surface area (Å²) in [5.74, 6) is 0. The third-order valence-electron chi connectivity index (χ3n) is 2.76. The second-order valence-corrected chi connectivity index (χ2v) is 5.23. The maximum atomic E-state index is 11.2. The van der Waals surface area contributed by atoms with E-state index in [1.54, 1.807) is 23.6 Å². The number of thiophene rings is 1. The molecule has 3 rings (SSSR count). The molecule has 0 radical (unpaired) electrons. The van der Waals surface area contributed by atoms with Gasteiger partial charge in [-0.05, 0) is 36.8 Å². The minimum atomic E-state index is -0.178. The fraction of sp³-hybridized carbons (Fsp3) is 0.0714. The van der Waals surface area contributed by atoms with Gasteiger partial charge in [-0.25, -0.2) is 5.10 Å². The summed E-state index contributed by atoms with van der Waals surface area (Å²) in [6.45, 7) is 1.89. The molecule has 0 aliphatic heterocycles. The molecule has 0 saturated heterocycles. The van der Waals surface area contributed by atoms with Gasteiger partial charge in [-0.3, -0.25) is 9.78 Å². The number of H-pyrrole nitrogens is 1. The normalized spacial score (nSPS) is 10.6. The van der Waals surface area contributed by atoms with E-state index in [0.29, 0.717) is 0 Å². The van der Waals surface area contributed by atoms with Gasteiger partial charge < -0.3 is 0 Å². The predicted molar refractivity (Wildman–Crippen MR) is 76.1 cm³/mol. The summed E-state index contributed by atoms with van der Waals surface area (Å²) >= 11 is 1.61. The van der Waals surface area contributed by atoms with E-state index >= 15 is 0 Å². The van der Waals surface area contributed by atoms with E-state index in [0.717, 1.165) is 26.7 Å². The lowest BCUT2D eigenvalue weighted by atomic mass is 10.2. The maximum absolute atomic E-state index is 11.2. The zero-order chi connectivity index (χ0) is 13.2. The van der Waals surface area contributed by atoms with E-state index in [1.165, 1.54) is 0 Å². The van der Waals surface area contributed by atoms with Gasteiger partial charge in [0.05, 0.1) is 15.4 Å². The average Bonchev–Trinajstić information content (AvgIpc) is 2.89. The summed E-state index contributed by atoms with van der Waals surface area (Å²) in [4.78, 5) is 17.6. The van der Waals surface area contributed by atoms with Crippen LogP contribution in [0, 0.1) is 6.92 Å². The Morgan fingerprint density at radius 3 is 2.74 bits per heavy atom. The van der Waals surface area contributed by atoms with Crippen molar-refractivity contribution in [3.8, 4) is 21.1 Å². The fourth-order valence-electron chi connectivity index (χ4n) is 1.86. The molecule has 0 aliphatic rings. The summed E-state index contributed by atoms with van der Waals surface area (Å²) in [5.41, 5.74) is 2.45. The first kappa shape index (κ1) is 11.8. The van der Waals surface area contributed by atoms with Crippen molar-refractivity contribution < 1.29 is 0 Å². The van der Waals surface area contributed by atoms with Crippen LogP contribution < -0.4 is 5.56 Å². The maximum Gasteiger partial charge on any atom is 0.264 e. The fourth-order valence-corrected chi connectivity index (χ4v) is 2.89. The summed E-state index contributed by atoms with van der Waals surface area (Å²) in [6, 6.07) is 11.4. The molecule has 0 unspecified atom stereocenters. The summed E-state index contributed by atoms with van der Waals surface area (Å²) in [6.07, 6.45) is 1.78. The summed E-state index contributed by atoms with van der Waals surface area (Å²) in [5, 5.41) is 6.58. The van der Waals surface area contributed by atoms with Crippen molar-refractivity contribution in [2.75, 3.05) is 0 Å². The average molecular weight is 269 g/mol. The molecule has 4 nitrogen and oxygen atoms in total. The van der Waals surface area contributed by atoms with Crippen LogP contribution in [0.25, 0.3) is 21.1 Å². The lowest BCUT2D eigenvalue weighted by Crippen LogP contribution is -2.07. The van der Waals surface area contributed by atoms with Crippen LogP contribution in [0.2, 0.25) is 0 Å².